The van der Waals surface area contributed by atoms with Crippen LogP contribution in [0.3, 0.4) is 0 Å². The molecule has 2 rings (SSSR count). The fraction of sp³-hybridized carbons (Fsp3) is 0.529. The molecule has 1 fully saturated rings. The Hall–Kier alpha value is -1.53. The molecule has 0 saturated carbocycles. The molecule has 1 aromatic carbocycles. The van der Waals surface area contributed by atoms with E-state index in [0.717, 1.165) is 30.2 Å². The van der Waals surface area contributed by atoms with Crippen LogP contribution in [0.5, 0.6) is 0 Å². The van der Waals surface area contributed by atoms with Gasteiger partial charge in [0.2, 0.25) is 5.91 Å². The second-order valence-electron chi connectivity index (χ2n) is 6.02. The number of nitrogens with zero attached hydrogens (tertiary/aromatic N) is 1. The van der Waals surface area contributed by atoms with Crippen molar-refractivity contribution in [3.05, 3.63) is 29.3 Å². The molecule has 1 aliphatic rings. The molecular formula is C17H25N3O2S. The maximum absolute atomic E-state index is 12.7. The van der Waals surface area contributed by atoms with E-state index in [2.05, 4.69) is 5.32 Å². The number of benzene rings is 1. The lowest BCUT2D eigenvalue weighted by atomic mass is 10.0. The molecule has 1 aromatic rings. The first kappa shape index (κ1) is 17.8. The van der Waals surface area contributed by atoms with E-state index in [4.69, 9.17) is 5.73 Å². The summed E-state index contributed by atoms with van der Waals surface area (Å²) >= 11 is 1.87. The van der Waals surface area contributed by atoms with Crippen molar-refractivity contribution in [2.75, 3.05) is 29.9 Å². The van der Waals surface area contributed by atoms with Crippen LogP contribution in [0.15, 0.2) is 18.2 Å². The molecule has 23 heavy (non-hydrogen) atoms. The van der Waals surface area contributed by atoms with Crippen LogP contribution in [0.1, 0.15) is 29.8 Å². The van der Waals surface area contributed by atoms with Gasteiger partial charge >= 0.3 is 0 Å². The van der Waals surface area contributed by atoms with Crippen LogP contribution < -0.4 is 11.1 Å². The monoisotopic (exact) mass is 335 g/mol. The molecule has 126 valence electrons. The first-order valence-electron chi connectivity index (χ1n) is 7.95. The summed E-state index contributed by atoms with van der Waals surface area (Å²) in [7, 11) is 0. The zero-order valence-electron chi connectivity index (χ0n) is 14.0. The highest BCUT2D eigenvalue weighted by Crippen LogP contribution is 2.22. The number of hydrogen-bond acceptors (Lipinski definition) is 4. The average Bonchev–Trinajstić information content (AvgIpc) is 2.56. The summed E-state index contributed by atoms with van der Waals surface area (Å²) in [6.07, 6.45) is 0. The predicted octanol–water partition coefficient (Wildman–Crippen LogP) is 2.11. The fourth-order valence-corrected chi connectivity index (χ4v) is 3.33. The Morgan fingerprint density at radius 2 is 1.91 bits per heavy atom. The Kier molecular flexibility index (Phi) is 6.07. The van der Waals surface area contributed by atoms with Gasteiger partial charge in [0.1, 0.15) is 0 Å². The number of carbonyl (C=O) groups is 2. The smallest absolute Gasteiger partial charge is 0.254 e. The van der Waals surface area contributed by atoms with E-state index in [0.29, 0.717) is 11.3 Å². The van der Waals surface area contributed by atoms with Gasteiger partial charge in [-0.05, 0) is 31.5 Å². The Morgan fingerprint density at radius 1 is 1.26 bits per heavy atom. The van der Waals surface area contributed by atoms with Gasteiger partial charge in [-0.1, -0.05) is 13.0 Å². The van der Waals surface area contributed by atoms with Gasteiger partial charge in [-0.3, -0.25) is 9.59 Å². The summed E-state index contributed by atoms with van der Waals surface area (Å²) in [5.41, 5.74) is 7.92. The number of nitrogens with two attached hydrogens (primary N) is 1. The largest absolute Gasteiger partial charge is 0.337 e. The summed E-state index contributed by atoms with van der Waals surface area (Å²) in [6.45, 7) is 7.04. The van der Waals surface area contributed by atoms with Crippen LogP contribution in [0.4, 0.5) is 5.69 Å². The van der Waals surface area contributed by atoms with Gasteiger partial charge < -0.3 is 16.0 Å². The van der Waals surface area contributed by atoms with Crippen molar-refractivity contribution in [1.29, 1.82) is 0 Å². The molecule has 0 bridgehead atoms. The maximum atomic E-state index is 12.7. The predicted molar refractivity (Wildman–Crippen MR) is 95.9 cm³/mol. The van der Waals surface area contributed by atoms with Gasteiger partial charge in [0.25, 0.3) is 5.91 Å². The molecule has 6 heteroatoms. The van der Waals surface area contributed by atoms with Gasteiger partial charge in [0.05, 0.1) is 5.92 Å². The lowest BCUT2D eigenvalue weighted by Gasteiger charge is -2.27. The van der Waals surface area contributed by atoms with Crippen molar-refractivity contribution in [1.82, 2.24) is 4.90 Å². The number of anilines is 1. The van der Waals surface area contributed by atoms with Crippen LogP contribution in [-0.4, -0.2) is 47.4 Å². The fourth-order valence-electron chi connectivity index (χ4n) is 2.42. The molecule has 1 aliphatic heterocycles. The first-order chi connectivity index (χ1) is 10.9. The third-order valence-corrected chi connectivity index (χ3v) is 5.27. The summed E-state index contributed by atoms with van der Waals surface area (Å²) in [6, 6.07) is 5.24. The molecule has 1 saturated heterocycles. The van der Waals surface area contributed by atoms with E-state index in [-0.39, 0.29) is 23.8 Å². The molecule has 2 atom stereocenters. The van der Waals surface area contributed by atoms with Crippen molar-refractivity contribution >= 4 is 29.3 Å². The molecule has 0 radical (unpaired) electrons. The van der Waals surface area contributed by atoms with E-state index in [1.807, 2.05) is 48.7 Å². The quantitative estimate of drug-likeness (QED) is 0.883. The van der Waals surface area contributed by atoms with Crippen molar-refractivity contribution < 1.29 is 9.59 Å². The minimum atomic E-state index is -0.284. The van der Waals surface area contributed by atoms with Gasteiger partial charge in [-0.15, -0.1) is 0 Å². The zero-order chi connectivity index (χ0) is 17.0. The Balaban J connectivity index is 2.17. The third-order valence-electron chi connectivity index (χ3n) is 4.32. The Bertz CT molecular complexity index is 583. The second kappa shape index (κ2) is 7.84. The number of rotatable bonds is 4. The summed E-state index contributed by atoms with van der Waals surface area (Å²) in [5, 5.41) is 2.90. The molecule has 1 heterocycles. The second-order valence-corrected chi connectivity index (χ2v) is 7.24. The number of hydrogen-bond donors (Lipinski definition) is 2. The topological polar surface area (TPSA) is 75.4 Å². The van der Waals surface area contributed by atoms with Gasteiger partial charge in [-0.25, -0.2) is 0 Å². The normalized spacial score (nSPS) is 17.5. The molecule has 2 amide bonds. The van der Waals surface area contributed by atoms with E-state index in [1.54, 1.807) is 6.92 Å². The molecule has 0 aromatic heterocycles. The first-order valence-corrected chi connectivity index (χ1v) is 9.10. The highest BCUT2D eigenvalue weighted by atomic mass is 32.2. The van der Waals surface area contributed by atoms with Crippen molar-refractivity contribution in [3.8, 4) is 0 Å². The van der Waals surface area contributed by atoms with Gasteiger partial charge in [-0.2, -0.15) is 11.8 Å². The summed E-state index contributed by atoms with van der Waals surface area (Å²) in [4.78, 5) is 26.8. The van der Waals surface area contributed by atoms with Crippen LogP contribution in [0.25, 0.3) is 0 Å². The highest BCUT2D eigenvalue weighted by Gasteiger charge is 2.22. The van der Waals surface area contributed by atoms with Gasteiger partial charge in [0.15, 0.2) is 0 Å². The number of thioether (sulfide) groups is 1. The van der Waals surface area contributed by atoms with E-state index in [1.165, 1.54) is 0 Å². The maximum Gasteiger partial charge on any atom is 0.254 e. The van der Waals surface area contributed by atoms with Crippen molar-refractivity contribution in [2.24, 2.45) is 11.7 Å². The number of carbonyl (C=O) groups excluding carboxylic acids is 2. The van der Waals surface area contributed by atoms with Crippen LogP contribution in [0.2, 0.25) is 0 Å². The van der Waals surface area contributed by atoms with Crippen LogP contribution >= 0.6 is 11.8 Å². The van der Waals surface area contributed by atoms with Crippen molar-refractivity contribution in [3.63, 3.8) is 0 Å². The molecular weight excluding hydrogens is 310 g/mol. The highest BCUT2D eigenvalue weighted by molar-refractivity contribution is 7.99. The molecule has 0 aliphatic carbocycles. The lowest BCUT2D eigenvalue weighted by molar-refractivity contribution is -0.119. The van der Waals surface area contributed by atoms with Crippen molar-refractivity contribution in [2.45, 2.75) is 26.8 Å². The zero-order valence-corrected chi connectivity index (χ0v) is 14.8. The minimum absolute atomic E-state index is 0.0409. The number of nitrogens with one attached hydrogen (secondary N) is 1. The van der Waals surface area contributed by atoms with Gasteiger partial charge in [0, 0.05) is 41.9 Å². The SMILES string of the molecule is Cc1c(NC(=O)C(C)C(C)N)cccc1C(=O)N1CCSCC1. The van der Waals surface area contributed by atoms with E-state index >= 15 is 0 Å². The molecule has 2 unspecified atom stereocenters. The molecule has 0 spiro atoms. The average molecular weight is 335 g/mol. The summed E-state index contributed by atoms with van der Waals surface area (Å²) < 4.78 is 0. The van der Waals surface area contributed by atoms with Crippen LogP contribution in [0, 0.1) is 12.8 Å². The molecule has 3 N–H and O–H groups in total. The standard InChI is InChI=1S/C17H25N3O2S/c1-11(13(3)18)16(21)19-15-6-4-5-14(12(15)2)17(22)20-7-9-23-10-8-20/h4-6,11,13H,7-10,18H2,1-3H3,(H,19,21). The Labute approximate surface area is 142 Å². The summed E-state index contributed by atoms with van der Waals surface area (Å²) in [5.74, 6) is 1.59. The number of amides is 2. The van der Waals surface area contributed by atoms with E-state index < -0.39 is 0 Å². The van der Waals surface area contributed by atoms with Crippen LogP contribution in [-0.2, 0) is 4.79 Å². The Morgan fingerprint density at radius 3 is 2.52 bits per heavy atom. The third kappa shape index (κ3) is 4.26. The minimum Gasteiger partial charge on any atom is -0.337 e. The van der Waals surface area contributed by atoms with E-state index in [9.17, 15) is 9.59 Å². The molecule has 5 nitrogen and oxygen atoms in total. The lowest BCUT2D eigenvalue weighted by Crippen LogP contribution is -2.38.